The molecule has 0 saturated heterocycles. The second kappa shape index (κ2) is 5.21. The molecule has 0 unspecified atom stereocenters. The van der Waals surface area contributed by atoms with Crippen LogP contribution in [0.15, 0.2) is 18.3 Å². The molecule has 76 valence electrons. The Morgan fingerprint density at radius 3 is 3.07 bits per heavy atom. The molecule has 0 aliphatic rings. The van der Waals surface area contributed by atoms with Gasteiger partial charge in [-0.25, -0.2) is 9.78 Å². The highest BCUT2D eigenvalue weighted by Crippen LogP contribution is 2.07. The van der Waals surface area contributed by atoms with Crippen LogP contribution in [0.4, 0.5) is 5.82 Å². The predicted octanol–water partition coefficient (Wildman–Crippen LogP) is 1.69. The quantitative estimate of drug-likeness (QED) is 0.741. The molecule has 1 aromatic heterocycles. The fourth-order valence-electron chi connectivity index (χ4n) is 1.03. The molecule has 0 saturated carbocycles. The minimum atomic E-state index is -0.341. The molecule has 0 bridgehead atoms. The SMILES string of the molecule is CCCNc1cc(C(=O)OC)ccn1. The van der Waals surface area contributed by atoms with Crippen molar-refractivity contribution in [3.05, 3.63) is 23.9 Å². The van der Waals surface area contributed by atoms with Crippen molar-refractivity contribution >= 4 is 11.8 Å². The minimum Gasteiger partial charge on any atom is -0.465 e. The number of esters is 1. The van der Waals surface area contributed by atoms with Gasteiger partial charge >= 0.3 is 5.97 Å². The van der Waals surface area contributed by atoms with Crippen molar-refractivity contribution in [3.63, 3.8) is 0 Å². The third-order valence-corrected chi connectivity index (χ3v) is 1.74. The Balaban J connectivity index is 2.73. The van der Waals surface area contributed by atoms with Crippen molar-refractivity contribution in [2.45, 2.75) is 13.3 Å². The lowest BCUT2D eigenvalue weighted by Gasteiger charge is -2.04. The molecule has 0 aliphatic heterocycles. The van der Waals surface area contributed by atoms with Crippen LogP contribution in [0.5, 0.6) is 0 Å². The number of nitrogens with one attached hydrogen (secondary N) is 1. The van der Waals surface area contributed by atoms with Crippen LogP contribution in [0.2, 0.25) is 0 Å². The molecule has 4 heteroatoms. The van der Waals surface area contributed by atoms with E-state index in [1.54, 1.807) is 18.3 Å². The Morgan fingerprint density at radius 1 is 1.64 bits per heavy atom. The Labute approximate surface area is 83.3 Å². The minimum absolute atomic E-state index is 0.341. The molecule has 0 spiro atoms. The van der Waals surface area contributed by atoms with Gasteiger partial charge in [-0.1, -0.05) is 6.92 Å². The van der Waals surface area contributed by atoms with Gasteiger partial charge in [0.1, 0.15) is 5.82 Å². The lowest BCUT2D eigenvalue weighted by Crippen LogP contribution is -2.05. The number of rotatable bonds is 4. The molecule has 0 aromatic carbocycles. The highest BCUT2D eigenvalue weighted by molar-refractivity contribution is 5.89. The van der Waals surface area contributed by atoms with Crippen LogP contribution in [-0.2, 0) is 4.74 Å². The number of aromatic nitrogens is 1. The summed E-state index contributed by atoms with van der Waals surface area (Å²) < 4.78 is 4.60. The summed E-state index contributed by atoms with van der Waals surface area (Å²) in [6, 6.07) is 3.31. The molecule has 1 heterocycles. The van der Waals surface area contributed by atoms with Crippen molar-refractivity contribution in [2.75, 3.05) is 19.0 Å². The number of ether oxygens (including phenoxy) is 1. The fourth-order valence-corrected chi connectivity index (χ4v) is 1.03. The van der Waals surface area contributed by atoms with Crippen LogP contribution in [0.3, 0.4) is 0 Å². The molecule has 0 atom stereocenters. The fraction of sp³-hybridized carbons (Fsp3) is 0.400. The number of hydrogen-bond donors (Lipinski definition) is 1. The number of methoxy groups -OCH3 is 1. The first-order valence-corrected chi connectivity index (χ1v) is 4.56. The summed E-state index contributed by atoms with van der Waals surface area (Å²) in [5.74, 6) is 0.363. The van der Waals surface area contributed by atoms with Crippen molar-refractivity contribution in [3.8, 4) is 0 Å². The molecule has 14 heavy (non-hydrogen) atoms. The molecule has 1 N–H and O–H groups in total. The normalized spacial score (nSPS) is 9.57. The molecule has 1 aromatic rings. The maximum absolute atomic E-state index is 11.2. The van der Waals surface area contributed by atoms with Crippen LogP contribution in [0.1, 0.15) is 23.7 Å². The zero-order chi connectivity index (χ0) is 10.4. The van der Waals surface area contributed by atoms with Crippen LogP contribution in [-0.4, -0.2) is 24.6 Å². The predicted molar refractivity (Wildman–Crippen MR) is 54.4 cm³/mol. The Morgan fingerprint density at radius 2 is 2.43 bits per heavy atom. The smallest absolute Gasteiger partial charge is 0.338 e. The van der Waals surface area contributed by atoms with E-state index in [1.807, 2.05) is 0 Å². The average Bonchev–Trinajstić information content (AvgIpc) is 2.25. The van der Waals surface area contributed by atoms with Gasteiger partial charge < -0.3 is 10.1 Å². The topological polar surface area (TPSA) is 51.2 Å². The van der Waals surface area contributed by atoms with Gasteiger partial charge in [-0.3, -0.25) is 0 Å². The lowest BCUT2D eigenvalue weighted by molar-refractivity contribution is 0.0600. The maximum atomic E-state index is 11.2. The van der Waals surface area contributed by atoms with Crippen LogP contribution < -0.4 is 5.32 Å². The van der Waals surface area contributed by atoms with Crippen molar-refractivity contribution in [1.82, 2.24) is 4.98 Å². The van der Waals surface area contributed by atoms with E-state index in [4.69, 9.17) is 0 Å². The number of carbonyl (C=O) groups excluding carboxylic acids is 1. The van der Waals surface area contributed by atoms with Crippen molar-refractivity contribution < 1.29 is 9.53 Å². The molecular weight excluding hydrogens is 180 g/mol. The van der Waals surface area contributed by atoms with Crippen molar-refractivity contribution in [2.24, 2.45) is 0 Å². The van der Waals surface area contributed by atoms with E-state index in [0.29, 0.717) is 11.4 Å². The Hall–Kier alpha value is -1.58. The largest absolute Gasteiger partial charge is 0.465 e. The van der Waals surface area contributed by atoms with Crippen LogP contribution in [0.25, 0.3) is 0 Å². The molecule has 0 amide bonds. The van der Waals surface area contributed by atoms with E-state index < -0.39 is 0 Å². The van der Waals surface area contributed by atoms with Gasteiger partial charge in [-0.15, -0.1) is 0 Å². The Kier molecular flexibility index (Phi) is 3.91. The van der Waals surface area contributed by atoms with Gasteiger partial charge in [0.2, 0.25) is 0 Å². The zero-order valence-electron chi connectivity index (χ0n) is 8.41. The monoisotopic (exact) mass is 194 g/mol. The van der Waals surface area contributed by atoms with E-state index in [0.717, 1.165) is 13.0 Å². The molecule has 4 nitrogen and oxygen atoms in total. The first kappa shape index (κ1) is 10.5. The standard InChI is InChI=1S/C10H14N2O2/c1-3-5-11-9-7-8(4-6-12-9)10(13)14-2/h4,6-7H,3,5H2,1-2H3,(H,11,12). The van der Waals surface area contributed by atoms with Gasteiger partial charge in [0.05, 0.1) is 12.7 Å². The summed E-state index contributed by atoms with van der Waals surface area (Å²) in [6.45, 7) is 2.91. The highest BCUT2D eigenvalue weighted by atomic mass is 16.5. The number of anilines is 1. The molecule has 0 fully saturated rings. The lowest BCUT2D eigenvalue weighted by atomic mass is 10.2. The zero-order valence-corrected chi connectivity index (χ0v) is 8.41. The maximum Gasteiger partial charge on any atom is 0.338 e. The second-order valence-corrected chi connectivity index (χ2v) is 2.85. The summed E-state index contributed by atoms with van der Waals surface area (Å²) in [7, 11) is 1.36. The van der Waals surface area contributed by atoms with Gasteiger partial charge in [-0.05, 0) is 18.6 Å². The molecule has 0 aliphatic carbocycles. The third kappa shape index (κ3) is 2.73. The number of pyridine rings is 1. The van der Waals surface area contributed by atoms with Crippen LogP contribution >= 0.6 is 0 Å². The Bertz CT molecular complexity index is 313. The summed E-state index contributed by atoms with van der Waals surface area (Å²) in [6.07, 6.45) is 2.61. The molecular formula is C10H14N2O2. The molecule has 1 rings (SSSR count). The van der Waals surface area contributed by atoms with E-state index in [-0.39, 0.29) is 5.97 Å². The van der Waals surface area contributed by atoms with E-state index in [1.165, 1.54) is 7.11 Å². The van der Waals surface area contributed by atoms with Gasteiger partial charge in [-0.2, -0.15) is 0 Å². The summed E-state index contributed by atoms with van der Waals surface area (Å²) >= 11 is 0. The van der Waals surface area contributed by atoms with E-state index in [2.05, 4.69) is 22.0 Å². The summed E-state index contributed by atoms with van der Waals surface area (Å²) in [5, 5.41) is 3.09. The van der Waals surface area contributed by atoms with E-state index in [9.17, 15) is 4.79 Å². The van der Waals surface area contributed by atoms with Crippen LogP contribution in [0, 0.1) is 0 Å². The van der Waals surface area contributed by atoms with E-state index >= 15 is 0 Å². The number of carbonyl (C=O) groups is 1. The summed E-state index contributed by atoms with van der Waals surface area (Å²) in [5.41, 5.74) is 0.515. The van der Waals surface area contributed by atoms with Gasteiger partial charge in [0, 0.05) is 12.7 Å². The number of hydrogen-bond acceptors (Lipinski definition) is 4. The first-order valence-electron chi connectivity index (χ1n) is 4.56. The average molecular weight is 194 g/mol. The first-order chi connectivity index (χ1) is 6.77. The third-order valence-electron chi connectivity index (χ3n) is 1.74. The molecule has 0 radical (unpaired) electrons. The van der Waals surface area contributed by atoms with Gasteiger partial charge in [0.25, 0.3) is 0 Å². The second-order valence-electron chi connectivity index (χ2n) is 2.85. The number of nitrogens with zero attached hydrogens (tertiary/aromatic N) is 1. The summed E-state index contributed by atoms with van der Waals surface area (Å²) in [4.78, 5) is 15.2. The van der Waals surface area contributed by atoms with Crippen molar-refractivity contribution in [1.29, 1.82) is 0 Å². The van der Waals surface area contributed by atoms with Gasteiger partial charge in [0.15, 0.2) is 0 Å². The highest BCUT2D eigenvalue weighted by Gasteiger charge is 2.05.